The highest BCUT2D eigenvalue weighted by molar-refractivity contribution is 5.60. The number of ether oxygens (including phenoxy) is 2. The van der Waals surface area contributed by atoms with Gasteiger partial charge in [0.2, 0.25) is 0 Å². The molecular weight excluding hydrogens is 276 g/mol. The first-order chi connectivity index (χ1) is 10.4. The van der Waals surface area contributed by atoms with E-state index in [0.717, 1.165) is 38.0 Å². The highest BCUT2D eigenvalue weighted by atomic mass is 16.7. The van der Waals surface area contributed by atoms with Gasteiger partial charge in [-0.25, -0.2) is 4.79 Å². The van der Waals surface area contributed by atoms with Crippen LogP contribution in [-0.4, -0.2) is 18.9 Å². The van der Waals surface area contributed by atoms with Crippen LogP contribution < -0.4 is 0 Å². The summed E-state index contributed by atoms with van der Waals surface area (Å²) in [5, 5.41) is 0. The molecule has 0 radical (unpaired) electrons. The number of rotatable bonds is 4. The molecule has 0 spiro atoms. The number of carbonyl (C=O) groups is 1. The SMILES string of the molecule is CC(C)(C)C1CCC(OC(=O)OCCc2ccccc2)CC1. The van der Waals surface area contributed by atoms with Gasteiger partial charge in [-0.3, -0.25) is 0 Å². The summed E-state index contributed by atoms with van der Waals surface area (Å²) in [6.45, 7) is 7.24. The molecule has 1 aromatic carbocycles. The van der Waals surface area contributed by atoms with Crippen LogP contribution in [0.25, 0.3) is 0 Å². The summed E-state index contributed by atoms with van der Waals surface area (Å²) in [7, 11) is 0. The van der Waals surface area contributed by atoms with Crippen molar-refractivity contribution in [2.75, 3.05) is 6.61 Å². The van der Waals surface area contributed by atoms with E-state index in [1.54, 1.807) is 0 Å². The first-order valence-corrected chi connectivity index (χ1v) is 8.32. The van der Waals surface area contributed by atoms with Crippen LogP contribution in [0.1, 0.15) is 52.0 Å². The van der Waals surface area contributed by atoms with Crippen LogP contribution in [0.2, 0.25) is 0 Å². The lowest BCUT2D eigenvalue weighted by atomic mass is 9.72. The second-order valence-corrected chi connectivity index (χ2v) is 7.29. The Labute approximate surface area is 134 Å². The molecule has 3 heteroatoms. The minimum absolute atomic E-state index is 0.0304. The van der Waals surface area contributed by atoms with Crippen molar-refractivity contribution in [1.82, 2.24) is 0 Å². The van der Waals surface area contributed by atoms with E-state index in [4.69, 9.17) is 9.47 Å². The molecule has 0 unspecified atom stereocenters. The number of carbonyl (C=O) groups excluding carboxylic acids is 1. The van der Waals surface area contributed by atoms with Gasteiger partial charge >= 0.3 is 6.16 Å². The highest BCUT2D eigenvalue weighted by Gasteiger charge is 2.31. The molecule has 3 nitrogen and oxygen atoms in total. The van der Waals surface area contributed by atoms with E-state index in [2.05, 4.69) is 20.8 Å². The molecule has 0 N–H and O–H groups in total. The molecule has 1 aromatic rings. The van der Waals surface area contributed by atoms with E-state index >= 15 is 0 Å². The topological polar surface area (TPSA) is 35.5 Å². The van der Waals surface area contributed by atoms with Crippen molar-refractivity contribution in [3.05, 3.63) is 35.9 Å². The third-order valence-electron chi connectivity index (χ3n) is 4.62. The average molecular weight is 304 g/mol. The maximum Gasteiger partial charge on any atom is 0.508 e. The Balaban J connectivity index is 1.64. The zero-order valence-corrected chi connectivity index (χ0v) is 14.0. The van der Waals surface area contributed by atoms with Crippen molar-refractivity contribution >= 4 is 6.16 Å². The molecule has 0 aromatic heterocycles. The molecule has 1 aliphatic carbocycles. The van der Waals surface area contributed by atoms with Gasteiger partial charge in [-0.2, -0.15) is 0 Å². The largest absolute Gasteiger partial charge is 0.508 e. The van der Waals surface area contributed by atoms with Gasteiger partial charge in [0.1, 0.15) is 6.10 Å². The molecule has 2 rings (SSSR count). The standard InChI is InChI=1S/C19H28O3/c1-19(2,3)16-9-11-17(12-10-16)22-18(20)21-14-13-15-7-5-4-6-8-15/h4-8,16-17H,9-14H2,1-3H3. The molecule has 0 heterocycles. The van der Waals surface area contributed by atoms with Crippen LogP contribution in [-0.2, 0) is 15.9 Å². The molecule has 22 heavy (non-hydrogen) atoms. The normalized spacial score (nSPS) is 22.1. The lowest BCUT2D eigenvalue weighted by molar-refractivity contribution is -0.00183. The Morgan fingerprint density at radius 1 is 1.09 bits per heavy atom. The van der Waals surface area contributed by atoms with Crippen molar-refractivity contribution in [2.45, 2.75) is 59.0 Å². The summed E-state index contributed by atoms with van der Waals surface area (Å²) in [6, 6.07) is 10.0. The van der Waals surface area contributed by atoms with Crippen molar-refractivity contribution in [3.8, 4) is 0 Å². The van der Waals surface area contributed by atoms with E-state index in [1.807, 2.05) is 30.3 Å². The third-order valence-corrected chi connectivity index (χ3v) is 4.62. The van der Waals surface area contributed by atoms with Gasteiger partial charge < -0.3 is 9.47 Å². The van der Waals surface area contributed by atoms with Crippen LogP contribution in [0.3, 0.4) is 0 Å². The summed E-state index contributed by atoms with van der Waals surface area (Å²) in [4.78, 5) is 11.7. The predicted octanol–water partition coefficient (Wildman–Crippen LogP) is 4.99. The fourth-order valence-corrected chi connectivity index (χ4v) is 3.11. The smallest absolute Gasteiger partial charge is 0.434 e. The zero-order chi connectivity index (χ0) is 16.0. The van der Waals surface area contributed by atoms with Crippen molar-refractivity contribution in [2.24, 2.45) is 11.3 Å². The summed E-state index contributed by atoms with van der Waals surface area (Å²) >= 11 is 0. The van der Waals surface area contributed by atoms with Crippen LogP contribution in [0.5, 0.6) is 0 Å². The summed E-state index contributed by atoms with van der Waals surface area (Å²) < 4.78 is 10.6. The Morgan fingerprint density at radius 3 is 2.32 bits per heavy atom. The lowest BCUT2D eigenvalue weighted by Crippen LogP contribution is -2.30. The van der Waals surface area contributed by atoms with Crippen molar-refractivity contribution in [3.63, 3.8) is 0 Å². The van der Waals surface area contributed by atoms with Gasteiger partial charge in [-0.15, -0.1) is 0 Å². The molecule has 122 valence electrons. The first-order valence-electron chi connectivity index (χ1n) is 8.32. The van der Waals surface area contributed by atoms with E-state index in [1.165, 1.54) is 5.56 Å². The second kappa shape index (κ2) is 7.66. The molecule has 1 saturated carbocycles. The maximum absolute atomic E-state index is 11.7. The minimum Gasteiger partial charge on any atom is -0.434 e. The molecule has 0 atom stereocenters. The minimum atomic E-state index is -0.518. The monoisotopic (exact) mass is 304 g/mol. The molecule has 0 bridgehead atoms. The fraction of sp³-hybridized carbons (Fsp3) is 0.632. The van der Waals surface area contributed by atoms with Gasteiger partial charge in [0.05, 0.1) is 6.61 Å². The summed E-state index contributed by atoms with van der Waals surface area (Å²) in [6.07, 6.45) is 4.41. The second-order valence-electron chi connectivity index (χ2n) is 7.29. The van der Waals surface area contributed by atoms with Crippen molar-refractivity contribution < 1.29 is 14.3 Å². The van der Waals surface area contributed by atoms with Gasteiger partial charge in [0, 0.05) is 6.42 Å². The first kappa shape index (κ1) is 16.9. The quantitative estimate of drug-likeness (QED) is 0.735. The molecular formula is C19H28O3. The predicted molar refractivity (Wildman–Crippen MR) is 87.8 cm³/mol. The van der Waals surface area contributed by atoms with Crippen LogP contribution in [0.4, 0.5) is 4.79 Å². The van der Waals surface area contributed by atoms with Gasteiger partial charge in [-0.1, -0.05) is 51.1 Å². The Kier molecular flexibility index (Phi) is 5.87. The van der Waals surface area contributed by atoms with Crippen molar-refractivity contribution in [1.29, 1.82) is 0 Å². The molecule has 1 aliphatic rings. The van der Waals surface area contributed by atoms with Gasteiger partial charge in [-0.05, 0) is 42.6 Å². The van der Waals surface area contributed by atoms with E-state index in [0.29, 0.717) is 12.0 Å². The number of benzene rings is 1. The Morgan fingerprint density at radius 2 is 1.73 bits per heavy atom. The Hall–Kier alpha value is -1.51. The number of hydrogen-bond donors (Lipinski definition) is 0. The van der Waals surface area contributed by atoms with Crippen LogP contribution >= 0.6 is 0 Å². The fourth-order valence-electron chi connectivity index (χ4n) is 3.11. The third kappa shape index (κ3) is 5.36. The highest BCUT2D eigenvalue weighted by Crippen LogP contribution is 2.38. The number of hydrogen-bond acceptors (Lipinski definition) is 3. The van der Waals surface area contributed by atoms with E-state index < -0.39 is 6.16 Å². The molecule has 0 saturated heterocycles. The van der Waals surface area contributed by atoms with Gasteiger partial charge in [0.15, 0.2) is 0 Å². The Bertz CT molecular complexity index is 453. The van der Waals surface area contributed by atoms with E-state index in [9.17, 15) is 4.79 Å². The molecule has 0 aliphatic heterocycles. The van der Waals surface area contributed by atoms with Gasteiger partial charge in [0.25, 0.3) is 0 Å². The lowest BCUT2D eigenvalue weighted by Gasteiger charge is -2.36. The summed E-state index contributed by atoms with van der Waals surface area (Å²) in [5.41, 5.74) is 1.52. The molecule has 0 amide bonds. The molecule has 1 fully saturated rings. The average Bonchev–Trinajstić information content (AvgIpc) is 2.48. The zero-order valence-electron chi connectivity index (χ0n) is 14.0. The van der Waals surface area contributed by atoms with Crippen LogP contribution in [0.15, 0.2) is 30.3 Å². The maximum atomic E-state index is 11.7. The summed E-state index contributed by atoms with van der Waals surface area (Å²) in [5.74, 6) is 0.724. The van der Waals surface area contributed by atoms with E-state index in [-0.39, 0.29) is 6.10 Å². The van der Waals surface area contributed by atoms with Crippen LogP contribution in [0, 0.1) is 11.3 Å².